The molecule has 6 rings (SSSR count). The fourth-order valence-corrected chi connectivity index (χ4v) is 6.33. The van der Waals surface area contributed by atoms with Crippen molar-refractivity contribution < 1.29 is 14.7 Å². The van der Waals surface area contributed by atoms with Crippen LogP contribution in [-0.2, 0) is 7.05 Å². The van der Waals surface area contributed by atoms with Crippen molar-refractivity contribution in [1.82, 2.24) is 19.4 Å². The minimum atomic E-state index is -0.116. The SMILES string of the molecule is Cc1ccc2c(c1)c(C(=O)N1CCN(c3ccc(C(=O)N4CCCCC4CO)cn3)CC1)c(-c1ccccc1)n2C. The van der Waals surface area contributed by atoms with Gasteiger partial charge in [-0.25, -0.2) is 4.98 Å². The van der Waals surface area contributed by atoms with Gasteiger partial charge in [-0.15, -0.1) is 0 Å². The average Bonchev–Trinajstić information content (AvgIpc) is 3.31. The molecule has 2 aromatic carbocycles. The second-order valence-corrected chi connectivity index (χ2v) is 11.2. The highest BCUT2D eigenvalue weighted by Gasteiger charge is 2.30. The van der Waals surface area contributed by atoms with Gasteiger partial charge in [-0.1, -0.05) is 42.0 Å². The molecule has 1 unspecified atom stereocenters. The van der Waals surface area contributed by atoms with Crippen molar-refractivity contribution in [1.29, 1.82) is 0 Å². The number of aromatic nitrogens is 2. The minimum Gasteiger partial charge on any atom is -0.394 e. The van der Waals surface area contributed by atoms with Gasteiger partial charge in [0, 0.05) is 56.9 Å². The maximum Gasteiger partial charge on any atom is 0.256 e. The van der Waals surface area contributed by atoms with Crippen molar-refractivity contribution in [3.05, 3.63) is 83.6 Å². The first kappa shape index (κ1) is 27.0. The largest absolute Gasteiger partial charge is 0.394 e. The number of fused-ring (bicyclic) bond motifs is 1. The molecule has 4 heterocycles. The number of hydrogen-bond donors (Lipinski definition) is 1. The molecule has 4 aromatic rings. The van der Waals surface area contributed by atoms with Crippen LogP contribution < -0.4 is 4.90 Å². The molecule has 0 saturated carbocycles. The van der Waals surface area contributed by atoms with E-state index in [0.29, 0.717) is 38.3 Å². The molecule has 2 saturated heterocycles. The predicted octanol–water partition coefficient (Wildman–Crippen LogP) is 4.50. The summed E-state index contributed by atoms with van der Waals surface area (Å²) in [4.78, 5) is 37.7. The zero-order valence-electron chi connectivity index (χ0n) is 23.8. The predicted molar refractivity (Wildman–Crippen MR) is 161 cm³/mol. The second-order valence-electron chi connectivity index (χ2n) is 11.2. The Balaban J connectivity index is 1.19. The molecule has 1 N–H and O–H groups in total. The van der Waals surface area contributed by atoms with Crippen molar-refractivity contribution >= 4 is 28.5 Å². The molecule has 2 amide bonds. The van der Waals surface area contributed by atoms with Crippen molar-refractivity contribution in [2.24, 2.45) is 7.05 Å². The number of anilines is 1. The van der Waals surface area contributed by atoms with Crippen LogP contribution in [0.4, 0.5) is 5.82 Å². The van der Waals surface area contributed by atoms with E-state index in [2.05, 4.69) is 51.7 Å². The van der Waals surface area contributed by atoms with Crippen LogP contribution in [0.1, 0.15) is 45.5 Å². The smallest absolute Gasteiger partial charge is 0.256 e. The third kappa shape index (κ3) is 5.08. The number of piperazine rings is 1. The van der Waals surface area contributed by atoms with Crippen LogP contribution in [0, 0.1) is 6.92 Å². The van der Waals surface area contributed by atoms with E-state index in [-0.39, 0.29) is 24.5 Å². The monoisotopic (exact) mass is 551 g/mol. The highest BCUT2D eigenvalue weighted by atomic mass is 16.3. The number of pyridine rings is 1. The van der Waals surface area contributed by atoms with E-state index in [4.69, 9.17) is 0 Å². The first-order chi connectivity index (χ1) is 20.0. The van der Waals surface area contributed by atoms with Crippen LogP contribution >= 0.6 is 0 Å². The molecule has 2 fully saturated rings. The van der Waals surface area contributed by atoms with Gasteiger partial charge in [0.05, 0.1) is 29.5 Å². The van der Waals surface area contributed by atoms with Crippen molar-refractivity contribution in [2.45, 2.75) is 32.2 Å². The van der Waals surface area contributed by atoms with E-state index in [9.17, 15) is 14.7 Å². The third-order valence-corrected chi connectivity index (χ3v) is 8.60. The van der Waals surface area contributed by atoms with E-state index in [0.717, 1.165) is 58.4 Å². The summed E-state index contributed by atoms with van der Waals surface area (Å²) in [7, 11) is 2.03. The number of aliphatic hydroxyl groups is 1. The van der Waals surface area contributed by atoms with Crippen LogP contribution in [0.25, 0.3) is 22.2 Å². The quantitative estimate of drug-likeness (QED) is 0.395. The summed E-state index contributed by atoms with van der Waals surface area (Å²) in [6, 6.07) is 20.0. The van der Waals surface area contributed by atoms with Crippen LogP contribution in [0.3, 0.4) is 0 Å². The van der Waals surface area contributed by atoms with E-state index in [1.54, 1.807) is 11.1 Å². The number of hydrogen-bond acceptors (Lipinski definition) is 5. The summed E-state index contributed by atoms with van der Waals surface area (Å²) in [5.74, 6) is 0.781. The summed E-state index contributed by atoms with van der Waals surface area (Å²) in [5.41, 5.74) is 5.44. The number of piperidine rings is 1. The van der Waals surface area contributed by atoms with Gasteiger partial charge < -0.3 is 24.4 Å². The summed E-state index contributed by atoms with van der Waals surface area (Å²) < 4.78 is 2.13. The zero-order valence-corrected chi connectivity index (χ0v) is 23.8. The van der Waals surface area contributed by atoms with E-state index >= 15 is 0 Å². The molecular formula is C33H37N5O3. The number of aryl methyl sites for hydroxylation is 2. The lowest BCUT2D eigenvalue weighted by Gasteiger charge is -2.36. The van der Waals surface area contributed by atoms with Crippen molar-refractivity contribution in [3.63, 3.8) is 0 Å². The maximum absolute atomic E-state index is 14.1. The molecule has 8 heteroatoms. The Bertz CT molecular complexity index is 1560. The summed E-state index contributed by atoms with van der Waals surface area (Å²) >= 11 is 0. The van der Waals surface area contributed by atoms with Crippen LogP contribution in [-0.4, -0.2) is 81.6 Å². The van der Waals surface area contributed by atoms with Crippen LogP contribution in [0.15, 0.2) is 66.9 Å². The van der Waals surface area contributed by atoms with Gasteiger partial charge in [0.1, 0.15) is 5.82 Å². The average molecular weight is 552 g/mol. The van der Waals surface area contributed by atoms with Gasteiger partial charge in [-0.05, 0) is 56.0 Å². The lowest BCUT2D eigenvalue weighted by molar-refractivity contribution is 0.0502. The number of carbonyl (C=O) groups is 2. The minimum absolute atomic E-state index is 0.00846. The fraction of sp³-hybridized carbons (Fsp3) is 0.364. The van der Waals surface area contributed by atoms with Crippen LogP contribution in [0.5, 0.6) is 0 Å². The standard InChI is InChI=1S/C33H37N5O3/c1-23-11-13-28-27(20-23)30(31(35(28)2)24-8-4-3-5-9-24)33(41)37-18-16-36(17-19-37)29-14-12-25(21-34-29)32(40)38-15-7-6-10-26(38)22-39/h3-5,8-9,11-14,20-21,26,39H,6-7,10,15-19,22H2,1-2H3. The van der Waals surface area contributed by atoms with Gasteiger partial charge in [0.25, 0.3) is 11.8 Å². The Labute approximate surface area is 240 Å². The first-order valence-electron chi connectivity index (χ1n) is 14.5. The first-order valence-corrected chi connectivity index (χ1v) is 14.5. The fourth-order valence-electron chi connectivity index (χ4n) is 6.33. The molecular weight excluding hydrogens is 514 g/mol. The molecule has 8 nitrogen and oxygen atoms in total. The second kappa shape index (κ2) is 11.4. The number of rotatable bonds is 5. The number of benzene rings is 2. The molecule has 0 radical (unpaired) electrons. The van der Waals surface area contributed by atoms with Gasteiger partial charge in [-0.3, -0.25) is 9.59 Å². The molecule has 2 aromatic heterocycles. The van der Waals surface area contributed by atoms with Crippen LogP contribution in [0.2, 0.25) is 0 Å². The topological polar surface area (TPSA) is 81.9 Å². The Morgan fingerprint density at radius 1 is 0.927 bits per heavy atom. The number of amides is 2. The van der Waals surface area contributed by atoms with Gasteiger partial charge in [0.2, 0.25) is 0 Å². The molecule has 0 bridgehead atoms. The molecule has 212 valence electrons. The number of aliphatic hydroxyl groups excluding tert-OH is 1. The van der Waals surface area contributed by atoms with E-state index in [1.165, 1.54) is 0 Å². The Morgan fingerprint density at radius 2 is 1.71 bits per heavy atom. The summed E-state index contributed by atoms with van der Waals surface area (Å²) in [6.07, 6.45) is 4.47. The lowest BCUT2D eigenvalue weighted by atomic mass is 10.0. The number of likely N-dealkylation sites (tertiary alicyclic amines) is 1. The zero-order chi connectivity index (χ0) is 28.5. The molecule has 2 aliphatic rings. The van der Waals surface area contributed by atoms with Gasteiger partial charge in [0.15, 0.2) is 0 Å². The maximum atomic E-state index is 14.1. The highest BCUT2D eigenvalue weighted by molar-refractivity contribution is 6.13. The Morgan fingerprint density at radius 3 is 2.41 bits per heavy atom. The third-order valence-electron chi connectivity index (χ3n) is 8.60. The summed E-state index contributed by atoms with van der Waals surface area (Å²) in [5, 5.41) is 10.7. The van der Waals surface area contributed by atoms with Crippen molar-refractivity contribution in [3.8, 4) is 11.3 Å². The Hall–Kier alpha value is -4.17. The summed E-state index contributed by atoms with van der Waals surface area (Å²) in [6.45, 7) is 5.22. The lowest BCUT2D eigenvalue weighted by Crippen LogP contribution is -2.49. The molecule has 2 aliphatic heterocycles. The molecule has 0 aliphatic carbocycles. The number of carbonyl (C=O) groups excluding carboxylic acids is 2. The van der Waals surface area contributed by atoms with E-state index < -0.39 is 0 Å². The van der Waals surface area contributed by atoms with Gasteiger partial charge >= 0.3 is 0 Å². The molecule has 0 spiro atoms. The molecule has 1 atom stereocenters. The highest BCUT2D eigenvalue weighted by Crippen LogP contribution is 2.35. The van der Waals surface area contributed by atoms with Crippen molar-refractivity contribution in [2.75, 3.05) is 44.2 Å². The van der Waals surface area contributed by atoms with Gasteiger partial charge in [-0.2, -0.15) is 0 Å². The molecule has 41 heavy (non-hydrogen) atoms. The number of nitrogens with zero attached hydrogens (tertiary/aromatic N) is 5. The van der Waals surface area contributed by atoms with E-state index in [1.807, 2.05) is 42.3 Å². The normalized spacial score (nSPS) is 17.7. The Kier molecular flexibility index (Phi) is 7.49.